The summed E-state index contributed by atoms with van der Waals surface area (Å²) in [5.74, 6) is 0.259. The molecule has 0 aliphatic heterocycles. The van der Waals surface area contributed by atoms with E-state index in [9.17, 15) is 13.2 Å². The molecule has 0 aliphatic carbocycles. The van der Waals surface area contributed by atoms with E-state index in [4.69, 9.17) is 0 Å². The van der Waals surface area contributed by atoms with Crippen LogP contribution in [0.25, 0.3) is 0 Å². The van der Waals surface area contributed by atoms with Crippen LogP contribution in [0, 0.1) is 0 Å². The maximum atomic E-state index is 11.6. The summed E-state index contributed by atoms with van der Waals surface area (Å²) >= 11 is 4.66. The van der Waals surface area contributed by atoms with Crippen molar-refractivity contribution in [1.82, 2.24) is 0 Å². The maximum Gasteiger partial charge on any atom is 0.172 e. The zero-order chi connectivity index (χ0) is 12.2. The lowest BCUT2D eigenvalue weighted by Crippen LogP contribution is -2.10. The highest BCUT2D eigenvalue weighted by Gasteiger charge is 2.11. The van der Waals surface area contributed by atoms with E-state index in [1.807, 2.05) is 6.07 Å². The number of halogens is 1. The molecule has 0 spiro atoms. The average Bonchev–Trinajstić information content (AvgIpc) is 2.64. The van der Waals surface area contributed by atoms with Crippen LogP contribution in [-0.2, 0) is 9.84 Å². The quantitative estimate of drug-likeness (QED) is 0.756. The highest BCUT2D eigenvalue weighted by atomic mass is 79.9. The lowest BCUT2D eigenvalue weighted by molar-refractivity contribution is 0.0986. The van der Waals surface area contributed by atoms with E-state index in [2.05, 4.69) is 15.9 Å². The van der Waals surface area contributed by atoms with Crippen LogP contribution in [0.4, 0.5) is 0 Å². The monoisotopic (exact) mass is 324 g/mol. The van der Waals surface area contributed by atoms with Gasteiger partial charge in [-0.1, -0.05) is 6.92 Å². The third-order valence-electron chi connectivity index (χ3n) is 2.15. The fraction of sp³-hybridized carbons (Fsp3) is 0.500. The first-order valence-electron chi connectivity index (χ1n) is 4.93. The fourth-order valence-electron chi connectivity index (χ4n) is 1.18. The van der Waals surface area contributed by atoms with E-state index >= 15 is 0 Å². The molecule has 1 aromatic rings. The lowest BCUT2D eigenvalue weighted by Gasteiger charge is -1.99. The summed E-state index contributed by atoms with van der Waals surface area (Å²) in [4.78, 5) is 12.3. The van der Waals surface area contributed by atoms with Crippen LogP contribution in [0.2, 0.25) is 0 Å². The van der Waals surface area contributed by atoms with Crippen LogP contribution in [0.1, 0.15) is 29.4 Å². The van der Waals surface area contributed by atoms with Crippen molar-refractivity contribution in [3.63, 3.8) is 0 Å². The first-order chi connectivity index (χ1) is 7.44. The van der Waals surface area contributed by atoms with Crippen molar-refractivity contribution in [2.75, 3.05) is 11.5 Å². The average molecular weight is 325 g/mol. The Hall–Kier alpha value is -0.200. The molecule has 0 aromatic carbocycles. The highest BCUT2D eigenvalue weighted by Crippen LogP contribution is 2.23. The van der Waals surface area contributed by atoms with Gasteiger partial charge in [0.05, 0.1) is 14.4 Å². The Bertz CT molecular complexity index is 462. The second-order valence-electron chi connectivity index (χ2n) is 3.37. The summed E-state index contributed by atoms with van der Waals surface area (Å²) in [6, 6.07) is 3.58. The Kier molecular flexibility index (Phi) is 5.14. The smallest absolute Gasteiger partial charge is 0.172 e. The molecule has 1 aromatic heterocycles. The van der Waals surface area contributed by atoms with Gasteiger partial charge in [-0.2, -0.15) is 0 Å². The molecule has 0 bridgehead atoms. The first-order valence-corrected chi connectivity index (χ1v) is 8.36. The van der Waals surface area contributed by atoms with Gasteiger partial charge in [-0.05, 0) is 34.5 Å². The summed E-state index contributed by atoms with van der Waals surface area (Å²) in [6.45, 7) is 1.62. The molecule has 0 saturated heterocycles. The molecule has 0 unspecified atom stereocenters. The minimum absolute atomic E-state index is 0.0157. The van der Waals surface area contributed by atoms with Gasteiger partial charge in [0, 0.05) is 12.2 Å². The summed E-state index contributed by atoms with van der Waals surface area (Å²) < 4.78 is 23.3. The molecule has 0 atom stereocenters. The van der Waals surface area contributed by atoms with Gasteiger partial charge in [-0.3, -0.25) is 4.79 Å². The standard InChI is InChI=1S/C10H13BrO3S2/c1-2-16(13,14)7-3-4-8(12)9-5-6-10(11)15-9/h5-6H,2-4,7H2,1H3. The molecular weight excluding hydrogens is 312 g/mol. The van der Waals surface area contributed by atoms with E-state index in [1.54, 1.807) is 13.0 Å². The molecule has 6 heteroatoms. The highest BCUT2D eigenvalue weighted by molar-refractivity contribution is 9.11. The molecule has 0 aliphatic rings. The minimum atomic E-state index is -2.95. The minimum Gasteiger partial charge on any atom is -0.293 e. The van der Waals surface area contributed by atoms with Crippen molar-refractivity contribution < 1.29 is 13.2 Å². The zero-order valence-corrected chi connectivity index (χ0v) is 12.1. The van der Waals surface area contributed by atoms with Crippen LogP contribution >= 0.6 is 27.3 Å². The third-order valence-corrected chi connectivity index (χ3v) is 5.60. The molecule has 0 amide bonds. The van der Waals surface area contributed by atoms with Gasteiger partial charge in [0.1, 0.15) is 9.84 Å². The van der Waals surface area contributed by atoms with E-state index in [0.29, 0.717) is 17.7 Å². The number of hydrogen-bond donors (Lipinski definition) is 0. The van der Waals surface area contributed by atoms with Gasteiger partial charge >= 0.3 is 0 Å². The van der Waals surface area contributed by atoms with Gasteiger partial charge in [-0.15, -0.1) is 11.3 Å². The van der Waals surface area contributed by atoms with Crippen molar-refractivity contribution >= 4 is 42.9 Å². The molecule has 16 heavy (non-hydrogen) atoms. The second-order valence-corrected chi connectivity index (χ2v) is 8.30. The molecular formula is C10H13BrO3S2. The van der Waals surface area contributed by atoms with Gasteiger partial charge in [0.15, 0.2) is 5.78 Å². The SMILES string of the molecule is CCS(=O)(=O)CCCC(=O)c1ccc(Br)s1. The second kappa shape index (κ2) is 5.93. The van der Waals surface area contributed by atoms with Crippen LogP contribution in [0.15, 0.2) is 15.9 Å². The third kappa shape index (κ3) is 4.35. The van der Waals surface area contributed by atoms with Crippen molar-refractivity contribution in [3.8, 4) is 0 Å². The van der Waals surface area contributed by atoms with Gasteiger partial charge in [0.2, 0.25) is 0 Å². The van der Waals surface area contributed by atoms with E-state index in [0.717, 1.165) is 3.79 Å². The predicted molar refractivity (Wildman–Crippen MR) is 69.9 cm³/mol. The number of rotatable bonds is 6. The molecule has 0 radical (unpaired) electrons. The molecule has 3 nitrogen and oxygen atoms in total. The molecule has 90 valence electrons. The zero-order valence-electron chi connectivity index (χ0n) is 8.90. The number of ketones is 1. The molecule has 0 N–H and O–H groups in total. The number of thiophene rings is 1. The largest absolute Gasteiger partial charge is 0.293 e. The van der Waals surface area contributed by atoms with E-state index < -0.39 is 9.84 Å². The molecule has 0 saturated carbocycles. The topological polar surface area (TPSA) is 51.2 Å². The Morgan fingerprint density at radius 1 is 1.44 bits per heavy atom. The fourth-order valence-corrected chi connectivity index (χ4v) is 3.41. The molecule has 0 fully saturated rings. The summed E-state index contributed by atoms with van der Waals surface area (Å²) in [5.41, 5.74) is 0. The van der Waals surface area contributed by atoms with Crippen molar-refractivity contribution in [2.24, 2.45) is 0 Å². The summed E-state index contributed by atoms with van der Waals surface area (Å²) in [7, 11) is -2.95. The van der Waals surface area contributed by atoms with Crippen molar-refractivity contribution in [3.05, 3.63) is 20.8 Å². The van der Waals surface area contributed by atoms with Crippen LogP contribution in [0.3, 0.4) is 0 Å². The number of carbonyl (C=O) groups excluding carboxylic acids is 1. The Balaban J connectivity index is 2.43. The number of sulfone groups is 1. The Morgan fingerprint density at radius 3 is 2.62 bits per heavy atom. The van der Waals surface area contributed by atoms with Crippen LogP contribution in [-0.4, -0.2) is 25.7 Å². The Morgan fingerprint density at radius 2 is 2.12 bits per heavy atom. The van der Waals surface area contributed by atoms with E-state index in [-0.39, 0.29) is 17.3 Å². The number of hydrogen-bond acceptors (Lipinski definition) is 4. The predicted octanol–water partition coefficient (Wildman–Crippen LogP) is 2.91. The first kappa shape index (κ1) is 13.9. The van der Waals surface area contributed by atoms with Crippen molar-refractivity contribution in [2.45, 2.75) is 19.8 Å². The number of Topliss-reactive ketones (excluding diaryl/α,β-unsaturated/α-hetero) is 1. The summed E-state index contributed by atoms with van der Waals surface area (Å²) in [5, 5.41) is 0. The summed E-state index contributed by atoms with van der Waals surface area (Å²) in [6.07, 6.45) is 0.705. The molecule has 1 rings (SSSR count). The van der Waals surface area contributed by atoms with Gasteiger partial charge < -0.3 is 0 Å². The Labute approximate surface area is 108 Å². The van der Waals surface area contributed by atoms with Gasteiger partial charge in [-0.25, -0.2) is 8.42 Å². The van der Waals surface area contributed by atoms with Gasteiger partial charge in [0.25, 0.3) is 0 Å². The molecule has 1 heterocycles. The van der Waals surface area contributed by atoms with E-state index in [1.165, 1.54) is 11.3 Å². The lowest BCUT2D eigenvalue weighted by atomic mass is 10.2. The van der Waals surface area contributed by atoms with Crippen LogP contribution in [0.5, 0.6) is 0 Å². The van der Waals surface area contributed by atoms with Crippen LogP contribution < -0.4 is 0 Å². The number of carbonyl (C=O) groups is 1. The van der Waals surface area contributed by atoms with Crippen molar-refractivity contribution in [1.29, 1.82) is 0 Å². The normalized spacial score (nSPS) is 11.6. The maximum absolute atomic E-state index is 11.6.